The van der Waals surface area contributed by atoms with Gasteiger partial charge in [-0.25, -0.2) is 0 Å². The third kappa shape index (κ3) is 1.73. The van der Waals surface area contributed by atoms with Gasteiger partial charge in [0.25, 0.3) is 0 Å². The van der Waals surface area contributed by atoms with E-state index in [0.29, 0.717) is 5.78 Å². The van der Waals surface area contributed by atoms with E-state index in [4.69, 9.17) is 0 Å². The molecule has 1 aliphatic rings. The Morgan fingerprint density at radius 2 is 2.12 bits per heavy atom. The van der Waals surface area contributed by atoms with Crippen LogP contribution in [0.5, 0.6) is 0 Å². The Morgan fingerprint density at radius 3 is 2.75 bits per heavy atom. The van der Waals surface area contributed by atoms with Crippen molar-refractivity contribution >= 4 is 21.7 Å². The van der Waals surface area contributed by atoms with Gasteiger partial charge in [-0.2, -0.15) is 0 Å². The zero-order chi connectivity index (χ0) is 11.9. The van der Waals surface area contributed by atoms with Gasteiger partial charge in [-0.05, 0) is 48.9 Å². The number of Topliss-reactive ketones (excluding diaryl/α,β-unsaturated/α-hetero) is 1. The summed E-state index contributed by atoms with van der Waals surface area (Å²) in [4.78, 5) is 12.1. The number of hydrogen-bond donors (Lipinski definition) is 0. The first-order valence-corrected chi connectivity index (χ1v) is 6.90. The van der Waals surface area contributed by atoms with Gasteiger partial charge in [0.05, 0.1) is 0 Å². The number of rotatable bonds is 2. The zero-order valence-electron chi connectivity index (χ0n) is 10.1. The highest BCUT2D eigenvalue weighted by Crippen LogP contribution is 2.33. The van der Waals surface area contributed by atoms with Crippen molar-refractivity contribution in [2.75, 3.05) is 5.33 Å². The van der Waals surface area contributed by atoms with Gasteiger partial charge in [0, 0.05) is 16.8 Å². The molecule has 0 aromatic heterocycles. The second-order valence-electron chi connectivity index (χ2n) is 4.74. The van der Waals surface area contributed by atoms with Gasteiger partial charge >= 0.3 is 0 Å². The number of halogens is 1. The van der Waals surface area contributed by atoms with Crippen molar-refractivity contribution in [1.82, 2.24) is 0 Å². The number of fused-ring (bicyclic) bond motifs is 1. The van der Waals surface area contributed by atoms with Crippen LogP contribution >= 0.6 is 15.9 Å². The lowest BCUT2D eigenvalue weighted by atomic mass is 9.92. The highest BCUT2D eigenvalue weighted by molar-refractivity contribution is 9.09. The van der Waals surface area contributed by atoms with E-state index in [2.05, 4.69) is 35.8 Å². The molecular weight excluding hydrogens is 264 g/mol. The second-order valence-corrected chi connectivity index (χ2v) is 5.53. The van der Waals surface area contributed by atoms with E-state index in [-0.39, 0.29) is 5.92 Å². The van der Waals surface area contributed by atoms with Crippen LogP contribution in [0.25, 0.3) is 0 Å². The number of carbonyl (C=O) groups excluding carboxylic acids is 1. The molecule has 2 rings (SSSR count). The molecule has 0 saturated carbocycles. The van der Waals surface area contributed by atoms with Crippen LogP contribution in [0.3, 0.4) is 0 Å². The van der Waals surface area contributed by atoms with Crippen LogP contribution in [0.4, 0.5) is 0 Å². The minimum absolute atomic E-state index is 0.173. The highest BCUT2D eigenvalue weighted by Gasteiger charge is 2.29. The first-order chi connectivity index (χ1) is 7.56. The summed E-state index contributed by atoms with van der Waals surface area (Å²) in [7, 11) is 0. The summed E-state index contributed by atoms with van der Waals surface area (Å²) in [5.41, 5.74) is 6.15. The number of carbonyl (C=O) groups is 1. The fourth-order valence-electron chi connectivity index (χ4n) is 2.76. The Balaban J connectivity index is 2.59. The fourth-order valence-corrected chi connectivity index (χ4v) is 3.16. The first-order valence-electron chi connectivity index (χ1n) is 5.78. The lowest BCUT2D eigenvalue weighted by Crippen LogP contribution is -2.07. The Hall–Kier alpha value is -0.630. The molecule has 0 amide bonds. The minimum Gasteiger partial charge on any atom is -0.294 e. The number of aryl methyl sites for hydroxylation is 1. The van der Waals surface area contributed by atoms with Crippen molar-refractivity contribution in [2.45, 2.75) is 33.6 Å². The van der Waals surface area contributed by atoms with Crippen LogP contribution in [-0.2, 0) is 12.8 Å². The van der Waals surface area contributed by atoms with Crippen molar-refractivity contribution in [1.29, 1.82) is 0 Å². The van der Waals surface area contributed by atoms with Crippen molar-refractivity contribution in [3.63, 3.8) is 0 Å². The molecule has 0 N–H and O–H groups in total. The van der Waals surface area contributed by atoms with Crippen LogP contribution in [-0.4, -0.2) is 11.1 Å². The Morgan fingerprint density at radius 1 is 1.44 bits per heavy atom. The standard InChI is InChI=1S/C14H17BrO/c1-8-6-11-7-9(2)14(16)13(11)10(3)12(8)4-5-15/h6,9H,4-5,7H2,1-3H3/t9-/m1/s1. The van der Waals surface area contributed by atoms with Gasteiger partial charge < -0.3 is 0 Å². The molecule has 0 bridgehead atoms. The van der Waals surface area contributed by atoms with Crippen molar-refractivity contribution in [3.05, 3.63) is 33.9 Å². The molecule has 86 valence electrons. The Kier molecular flexibility index (Phi) is 3.20. The maximum absolute atomic E-state index is 12.1. The molecule has 0 radical (unpaired) electrons. The van der Waals surface area contributed by atoms with Crippen molar-refractivity contribution < 1.29 is 4.79 Å². The smallest absolute Gasteiger partial charge is 0.166 e. The Labute approximate surface area is 105 Å². The predicted octanol–water partition coefficient (Wildman–Crippen LogP) is 3.62. The van der Waals surface area contributed by atoms with Gasteiger partial charge in [0.1, 0.15) is 0 Å². The lowest BCUT2D eigenvalue weighted by Gasteiger charge is -2.12. The third-order valence-electron chi connectivity index (χ3n) is 3.58. The minimum atomic E-state index is 0.173. The summed E-state index contributed by atoms with van der Waals surface area (Å²) in [6, 6.07) is 2.21. The van der Waals surface area contributed by atoms with E-state index < -0.39 is 0 Å². The molecule has 0 unspecified atom stereocenters. The van der Waals surface area contributed by atoms with Crippen LogP contribution in [0.2, 0.25) is 0 Å². The quantitative estimate of drug-likeness (QED) is 0.757. The lowest BCUT2D eigenvalue weighted by molar-refractivity contribution is 0.0945. The van der Waals surface area contributed by atoms with E-state index in [1.165, 1.54) is 22.3 Å². The third-order valence-corrected chi connectivity index (χ3v) is 3.98. The summed E-state index contributed by atoms with van der Waals surface area (Å²) in [6.07, 6.45) is 1.93. The predicted molar refractivity (Wildman–Crippen MR) is 70.6 cm³/mol. The molecule has 1 nitrogen and oxygen atoms in total. The number of alkyl halides is 1. The molecule has 2 heteroatoms. The molecule has 1 atom stereocenters. The first kappa shape index (κ1) is 11.8. The second kappa shape index (κ2) is 4.33. The van der Waals surface area contributed by atoms with E-state index in [1.54, 1.807) is 0 Å². The maximum Gasteiger partial charge on any atom is 0.166 e. The summed E-state index contributed by atoms with van der Waals surface area (Å²) in [5.74, 6) is 0.510. The normalized spacial score (nSPS) is 19.0. The van der Waals surface area contributed by atoms with Crippen molar-refractivity contribution in [3.8, 4) is 0 Å². The molecule has 0 fully saturated rings. The SMILES string of the molecule is Cc1cc2c(c(C)c1CCBr)C(=O)[C@H](C)C2. The summed E-state index contributed by atoms with van der Waals surface area (Å²) >= 11 is 3.48. The van der Waals surface area contributed by atoms with Crippen LogP contribution in [0.15, 0.2) is 6.07 Å². The highest BCUT2D eigenvalue weighted by atomic mass is 79.9. The van der Waals surface area contributed by atoms with Gasteiger partial charge in [-0.1, -0.05) is 28.9 Å². The van der Waals surface area contributed by atoms with Gasteiger partial charge in [-0.3, -0.25) is 4.79 Å². The number of ketones is 1. The molecule has 0 heterocycles. The summed E-state index contributed by atoms with van der Waals surface area (Å²) in [5, 5.41) is 0.956. The molecule has 1 aliphatic carbocycles. The van der Waals surface area contributed by atoms with Crippen LogP contribution < -0.4 is 0 Å². The van der Waals surface area contributed by atoms with E-state index in [1.807, 2.05) is 6.92 Å². The average Bonchev–Trinajstić information content (AvgIpc) is 2.49. The average molecular weight is 281 g/mol. The van der Waals surface area contributed by atoms with Crippen LogP contribution in [0, 0.1) is 19.8 Å². The molecule has 0 saturated heterocycles. The van der Waals surface area contributed by atoms with Crippen molar-refractivity contribution in [2.24, 2.45) is 5.92 Å². The molecule has 0 spiro atoms. The fraction of sp³-hybridized carbons (Fsp3) is 0.500. The summed E-state index contributed by atoms with van der Waals surface area (Å²) < 4.78 is 0. The molecule has 0 aliphatic heterocycles. The van der Waals surface area contributed by atoms with Gasteiger partial charge in [0.2, 0.25) is 0 Å². The Bertz CT molecular complexity index is 449. The van der Waals surface area contributed by atoms with Gasteiger partial charge in [-0.15, -0.1) is 0 Å². The molecule has 1 aromatic carbocycles. The van der Waals surface area contributed by atoms with E-state index in [0.717, 1.165) is 23.7 Å². The van der Waals surface area contributed by atoms with Gasteiger partial charge in [0.15, 0.2) is 5.78 Å². The zero-order valence-corrected chi connectivity index (χ0v) is 11.6. The largest absolute Gasteiger partial charge is 0.294 e. The van der Waals surface area contributed by atoms with E-state index >= 15 is 0 Å². The number of benzene rings is 1. The topological polar surface area (TPSA) is 17.1 Å². The molecule has 16 heavy (non-hydrogen) atoms. The molecular formula is C14H17BrO. The summed E-state index contributed by atoms with van der Waals surface area (Å²) in [6.45, 7) is 6.28. The van der Waals surface area contributed by atoms with E-state index in [9.17, 15) is 4.79 Å². The van der Waals surface area contributed by atoms with Crippen LogP contribution in [0.1, 0.15) is 39.5 Å². The number of hydrogen-bond acceptors (Lipinski definition) is 1. The molecule has 1 aromatic rings. The maximum atomic E-state index is 12.1. The monoisotopic (exact) mass is 280 g/mol.